The van der Waals surface area contributed by atoms with Crippen molar-refractivity contribution >= 4 is 28.7 Å². The third-order valence-corrected chi connectivity index (χ3v) is 3.44. The van der Waals surface area contributed by atoms with Crippen LogP contribution in [0.1, 0.15) is 42.8 Å². The van der Waals surface area contributed by atoms with Crippen LogP contribution in [0.15, 0.2) is 12.1 Å². The highest BCUT2D eigenvalue weighted by Crippen LogP contribution is 2.24. The van der Waals surface area contributed by atoms with Gasteiger partial charge in [0.05, 0.1) is 9.21 Å². The summed E-state index contributed by atoms with van der Waals surface area (Å²) in [7, 11) is 0. The molecular weight excluding hydrogens is 216 g/mol. The Kier molecular flexibility index (Phi) is 4.63. The predicted molar refractivity (Wildman–Crippen MR) is 62.3 cm³/mol. The molecule has 0 amide bonds. The Balaban J connectivity index is 2.50. The molecule has 0 saturated carbocycles. The molecule has 0 aliphatic rings. The van der Waals surface area contributed by atoms with Crippen molar-refractivity contribution in [1.82, 2.24) is 0 Å². The van der Waals surface area contributed by atoms with E-state index in [0.717, 1.165) is 17.7 Å². The average molecular weight is 231 g/mol. The largest absolute Gasteiger partial charge is 0.293 e. The summed E-state index contributed by atoms with van der Waals surface area (Å²) in [6.07, 6.45) is 2.90. The first-order valence-corrected chi connectivity index (χ1v) is 6.11. The van der Waals surface area contributed by atoms with Crippen LogP contribution in [0.4, 0.5) is 0 Å². The van der Waals surface area contributed by atoms with Crippen molar-refractivity contribution < 1.29 is 4.79 Å². The second kappa shape index (κ2) is 5.52. The fraction of sp³-hybridized carbons (Fsp3) is 0.545. The monoisotopic (exact) mass is 230 g/mol. The standard InChI is InChI=1S/C11H15ClOS/c1-3-4-8(2)7-9(13)10-5-6-11(12)14-10/h5-6,8H,3-4,7H2,1-2H3. The summed E-state index contributed by atoms with van der Waals surface area (Å²) in [6, 6.07) is 3.60. The minimum absolute atomic E-state index is 0.225. The molecule has 1 heterocycles. The number of rotatable bonds is 5. The number of carbonyl (C=O) groups excluding carboxylic acids is 1. The van der Waals surface area contributed by atoms with Gasteiger partial charge in [-0.1, -0.05) is 38.3 Å². The van der Waals surface area contributed by atoms with E-state index in [1.54, 1.807) is 6.07 Å². The van der Waals surface area contributed by atoms with E-state index in [1.165, 1.54) is 11.3 Å². The van der Waals surface area contributed by atoms with Crippen molar-refractivity contribution in [2.45, 2.75) is 33.1 Å². The molecule has 0 saturated heterocycles. The van der Waals surface area contributed by atoms with E-state index in [4.69, 9.17) is 11.6 Å². The Bertz CT molecular complexity index is 306. The smallest absolute Gasteiger partial charge is 0.173 e. The first-order valence-electron chi connectivity index (χ1n) is 4.92. The highest BCUT2D eigenvalue weighted by atomic mass is 35.5. The topological polar surface area (TPSA) is 17.1 Å². The van der Waals surface area contributed by atoms with E-state index >= 15 is 0 Å². The molecule has 0 radical (unpaired) electrons. The molecular formula is C11H15ClOS. The number of thiophene rings is 1. The maximum absolute atomic E-state index is 11.7. The molecule has 0 N–H and O–H groups in total. The Morgan fingerprint density at radius 2 is 2.29 bits per heavy atom. The third-order valence-electron chi connectivity index (χ3n) is 2.16. The fourth-order valence-electron chi connectivity index (χ4n) is 1.48. The second-order valence-electron chi connectivity index (χ2n) is 3.62. The summed E-state index contributed by atoms with van der Waals surface area (Å²) in [6.45, 7) is 4.26. The predicted octanol–water partition coefficient (Wildman–Crippen LogP) is 4.41. The van der Waals surface area contributed by atoms with Crippen LogP contribution in [0.25, 0.3) is 0 Å². The molecule has 3 heteroatoms. The van der Waals surface area contributed by atoms with Crippen molar-refractivity contribution in [1.29, 1.82) is 0 Å². The van der Waals surface area contributed by atoms with Crippen LogP contribution in [0.3, 0.4) is 0 Å². The van der Waals surface area contributed by atoms with E-state index in [1.807, 2.05) is 6.07 Å². The summed E-state index contributed by atoms with van der Waals surface area (Å²) < 4.78 is 0.691. The maximum atomic E-state index is 11.7. The molecule has 0 aliphatic heterocycles. The summed E-state index contributed by atoms with van der Waals surface area (Å²) in [5.41, 5.74) is 0. The van der Waals surface area contributed by atoms with Gasteiger partial charge in [-0.3, -0.25) is 4.79 Å². The van der Waals surface area contributed by atoms with Gasteiger partial charge in [0.15, 0.2) is 5.78 Å². The SMILES string of the molecule is CCCC(C)CC(=O)c1ccc(Cl)s1. The summed E-state index contributed by atoms with van der Waals surface area (Å²) >= 11 is 7.14. The van der Waals surface area contributed by atoms with Gasteiger partial charge < -0.3 is 0 Å². The van der Waals surface area contributed by atoms with E-state index in [0.29, 0.717) is 16.7 Å². The van der Waals surface area contributed by atoms with Crippen LogP contribution in [0, 0.1) is 5.92 Å². The normalized spacial score (nSPS) is 12.8. The van der Waals surface area contributed by atoms with Crippen molar-refractivity contribution in [2.24, 2.45) is 5.92 Å². The molecule has 0 aromatic carbocycles. The zero-order valence-corrected chi connectivity index (χ0v) is 10.1. The zero-order valence-electron chi connectivity index (χ0n) is 8.55. The molecule has 0 aliphatic carbocycles. The zero-order chi connectivity index (χ0) is 10.6. The Labute approximate surface area is 94.1 Å². The van der Waals surface area contributed by atoms with Gasteiger partial charge in [0.1, 0.15) is 0 Å². The number of carbonyl (C=O) groups is 1. The lowest BCUT2D eigenvalue weighted by molar-refractivity contribution is 0.0966. The van der Waals surface area contributed by atoms with Crippen molar-refractivity contribution in [3.05, 3.63) is 21.3 Å². The highest BCUT2D eigenvalue weighted by molar-refractivity contribution is 7.18. The van der Waals surface area contributed by atoms with Crippen LogP contribution in [-0.2, 0) is 0 Å². The highest BCUT2D eigenvalue weighted by Gasteiger charge is 2.12. The van der Waals surface area contributed by atoms with Gasteiger partial charge >= 0.3 is 0 Å². The van der Waals surface area contributed by atoms with Gasteiger partial charge in [0.2, 0.25) is 0 Å². The van der Waals surface area contributed by atoms with E-state index < -0.39 is 0 Å². The van der Waals surface area contributed by atoms with Gasteiger partial charge in [-0.05, 0) is 18.1 Å². The molecule has 0 fully saturated rings. The first kappa shape index (κ1) is 11.7. The van der Waals surface area contributed by atoms with Gasteiger partial charge in [-0.2, -0.15) is 0 Å². The average Bonchev–Trinajstić information content (AvgIpc) is 2.52. The number of Topliss-reactive ketones (excluding diaryl/α,β-unsaturated/α-hetero) is 1. The van der Waals surface area contributed by atoms with E-state index in [9.17, 15) is 4.79 Å². The summed E-state index contributed by atoms with van der Waals surface area (Å²) in [5, 5.41) is 0. The minimum Gasteiger partial charge on any atom is -0.293 e. The van der Waals surface area contributed by atoms with Gasteiger partial charge in [-0.25, -0.2) is 0 Å². The maximum Gasteiger partial charge on any atom is 0.173 e. The molecule has 14 heavy (non-hydrogen) atoms. The quantitative estimate of drug-likeness (QED) is 0.685. The lowest BCUT2D eigenvalue weighted by Crippen LogP contribution is -2.04. The molecule has 1 unspecified atom stereocenters. The first-order chi connectivity index (χ1) is 6.63. The number of hydrogen-bond donors (Lipinski definition) is 0. The van der Waals surface area contributed by atoms with Crippen LogP contribution < -0.4 is 0 Å². The number of hydrogen-bond acceptors (Lipinski definition) is 2. The van der Waals surface area contributed by atoms with Crippen molar-refractivity contribution in [2.75, 3.05) is 0 Å². The van der Waals surface area contributed by atoms with E-state index in [-0.39, 0.29) is 5.78 Å². The number of ketones is 1. The third kappa shape index (κ3) is 3.43. The second-order valence-corrected chi connectivity index (χ2v) is 5.34. The number of halogens is 1. The van der Waals surface area contributed by atoms with Crippen molar-refractivity contribution in [3.63, 3.8) is 0 Å². The molecule has 1 aromatic rings. The fourth-order valence-corrected chi connectivity index (χ4v) is 2.47. The minimum atomic E-state index is 0.225. The molecule has 0 bridgehead atoms. The van der Waals surface area contributed by atoms with E-state index in [2.05, 4.69) is 13.8 Å². The van der Waals surface area contributed by atoms with Crippen LogP contribution in [-0.4, -0.2) is 5.78 Å². The van der Waals surface area contributed by atoms with Crippen LogP contribution >= 0.6 is 22.9 Å². The Morgan fingerprint density at radius 1 is 1.57 bits per heavy atom. The van der Waals surface area contributed by atoms with Gasteiger partial charge in [-0.15, -0.1) is 11.3 Å². The molecule has 1 nitrogen and oxygen atoms in total. The van der Waals surface area contributed by atoms with Gasteiger partial charge in [0.25, 0.3) is 0 Å². The summed E-state index contributed by atoms with van der Waals surface area (Å²) in [5.74, 6) is 0.705. The Morgan fingerprint density at radius 3 is 2.79 bits per heavy atom. The van der Waals surface area contributed by atoms with Crippen LogP contribution in [0.5, 0.6) is 0 Å². The molecule has 1 atom stereocenters. The molecule has 78 valence electrons. The molecule has 1 aromatic heterocycles. The summed E-state index contributed by atoms with van der Waals surface area (Å²) in [4.78, 5) is 12.5. The van der Waals surface area contributed by atoms with Gasteiger partial charge in [0, 0.05) is 6.42 Å². The lowest BCUT2D eigenvalue weighted by Gasteiger charge is -2.06. The molecule has 1 rings (SSSR count). The van der Waals surface area contributed by atoms with Crippen LogP contribution in [0.2, 0.25) is 4.34 Å². The Hall–Kier alpha value is -0.340. The molecule has 0 spiro atoms. The lowest BCUT2D eigenvalue weighted by atomic mass is 9.99. The van der Waals surface area contributed by atoms with Crippen molar-refractivity contribution in [3.8, 4) is 0 Å².